The van der Waals surface area contributed by atoms with E-state index in [4.69, 9.17) is 0 Å². The van der Waals surface area contributed by atoms with E-state index in [2.05, 4.69) is 9.71 Å². The molecule has 1 aliphatic carbocycles. The zero-order chi connectivity index (χ0) is 15.9. The summed E-state index contributed by atoms with van der Waals surface area (Å²) in [4.78, 5) is 4.17. The molecule has 2 aromatic rings. The number of rotatable bonds is 3. The molecule has 7 heteroatoms. The van der Waals surface area contributed by atoms with Gasteiger partial charge in [0.15, 0.2) is 0 Å². The van der Waals surface area contributed by atoms with Gasteiger partial charge in [0.1, 0.15) is 5.75 Å². The van der Waals surface area contributed by atoms with Crippen LogP contribution in [0, 0.1) is 0 Å². The fraction of sp³-hybridized carbons (Fsp3) is 0.400. The molecule has 1 aliphatic rings. The van der Waals surface area contributed by atoms with Crippen LogP contribution in [0.3, 0.4) is 0 Å². The van der Waals surface area contributed by atoms with Crippen molar-refractivity contribution in [1.82, 2.24) is 9.55 Å². The first-order valence-corrected chi connectivity index (χ1v) is 9.04. The second-order valence-corrected chi connectivity index (χ2v) is 7.52. The van der Waals surface area contributed by atoms with Crippen LogP contribution in [-0.2, 0) is 23.5 Å². The molecule has 3 rings (SSSR count). The highest BCUT2D eigenvalue weighted by Crippen LogP contribution is 2.42. The molecule has 1 unspecified atom stereocenters. The molecular formula is C15H19N3O3S. The number of phenols is 1. The average molecular weight is 321 g/mol. The number of phenolic OH excluding ortho intramolecular Hbond substituents is 1. The van der Waals surface area contributed by atoms with Gasteiger partial charge in [0.2, 0.25) is 10.0 Å². The largest absolute Gasteiger partial charge is 0.506 e. The third kappa shape index (κ3) is 2.68. The Balaban J connectivity index is 2.13. The summed E-state index contributed by atoms with van der Waals surface area (Å²) in [6.45, 7) is 0. The maximum atomic E-state index is 11.6. The predicted molar refractivity (Wildman–Crippen MR) is 84.6 cm³/mol. The molecule has 1 aromatic heterocycles. The fourth-order valence-electron chi connectivity index (χ4n) is 3.20. The molecule has 0 saturated carbocycles. The van der Waals surface area contributed by atoms with E-state index < -0.39 is 10.0 Å². The monoisotopic (exact) mass is 321 g/mol. The van der Waals surface area contributed by atoms with Gasteiger partial charge in [0.25, 0.3) is 0 Å². The summed E-state index contributed by atoms with van der Waals surface area (Å²) in [7, 11) is -1.49. The second-order valence-electron chi connectivity index (χ2n) is 5.78. The zero-order valence-electron chi connectivity index (χ0n) is 12.6. The number of nitrogens with one attached hydrogen (secondary N) is 1. The molecule has 1 heterocycles. The Kier molecular flexibility index (Phi) is 3.60. The zero-order valence-corrected chi connectivity index (χ0v) is 13.4. The quantitative estimate of drug-likeness (QED) is 0.847. The van der Waals surface area contributed by atoms with E-state index in [9.17, 15) is 13.5 Å². The van der Waals surface area contributed by atoms with E-state index in [1.807, 2.05) is 23.9 Å². The minimum Gasteiger partial charge on any atom is -0.506 e. The Morgan fingerprint density at radius 2 is 2.18 bits per heavy atom. The van der Waals surface area contributed by atoms with Gasteiger partial charge in [-0.15, -0.1) is 0 Å². The number of sulfonamides is 1. The smallest absolute Gasteiger partial charge is 0.229 e. The Hall–Kier alpha value is -2.02. The van der Waals surface area contributed by atoms with Crippen molar-refractivity contribution < 1.29 is 13.5 Å². The number of fused-ring (bicyclic) bond motifs is 1. The molecule has 0 radical (unpaired) electrons. The predicted octanol–water partition coefficient (Wildman–Crippen LogP) is 1.97. The fourth-order valence-corrected chi connectivity index (χ4v) is 3.79. The van der Waals surface area contributed by atoms with Crippen LogP contribution >= 0.6 is 0 Å². The van der Waals surface area contributed by atoms with Gasteiger partial charge in [-0.3, -0.25) is 4.72 Å². The molecule has 6 nitrogen and oxygen atoms in total. The van der Waals surface area contributed by atoms with Crippen molar-refractivity contribution in [2.75, 3.05) is 11.0 Å². The van der Waals surface area contributed by atoms with Crippen LogP contribution in [0.5, 0.6) is 5.75 Å². The van der Waals surface area contributed by atoms with Crippen molar-refractivity contribution >= 4 is 15.7 Å². The van der Waals surface area contributed by atoms with Crippen molar-refractivity contribution in [3.63, 3.8) is 0 Å². The Morgan fingerprint density at radius 3 is 2.82 bits per heavy atom. The molecule has 0 saturated heterocycles. The summed E-state index contributed by atoms with van der Waals surface area (Å²) in [5, 5.41) is 10.1. The summed E-state index contributed by atoms with van der Waals surface area (Å²) < 4.78 is 27.6. The van der Waals surface area contributed by atoms with Crippen LogP contribution in [0.25, 0.3) is 0 Å². The second kappa shape index (κ2) is 5.31. The number of benzene rings is 1. The summed E-state index contributed by atoms with van der Waals surface area (Å²) in [6, 6.07) is 3.44. The van der Waals surface area contributed by atoms with Gasteiger partial charge in [-0.2, -0.15) is 0 Å². The van der Waals surface area contributed by atoms with Crippen LogP contribution in [0.4, 0.5) is 5.69 Å². The lowest BCUT2D eigenvalue weighted by atomic mass is 9.80. The molecule has 1 aromatic carbocycles. The number of anilines is 1. The van der Waals surface area contributed by atoms with E-state index in [0.717, 1.165) is 42.3 Å². The highest BCUT2D eigenvalue weighted by molar-refractivity contribution is 7.92. The maximum absolute atomic E-state index is 11.6. The molecule has 22 heavy (non-hydrogen) atoms. The van der Waals surface area contributed by atoms with Crippen molar-refractivity contribution in [3.05, 3.63) is 41.5 Å². The number of hydrogen-bond acceptors (Lipinski definition) is 4. The van der Waals surface area contributed by atoms with E-state index in [1.54, 1.807) is 12.4 Å². The van der Waals surface area contributed by atoms with Gasteiger partial charge in [-0.05, 0) is 36.5 Å². The number of hydrogen-bond donors (Lipinski definition) is 2. The number of nitrogens with zero attached hydrogens (tertiary/aromatic N) is 2. The minimum absolute atomic E-state index is 0.0326. The van der Waals surface area contributed by atoms with Crippen LogP contribution in [0.15, 0.2) is 24.7 Å². The third-order valence-electron chi connectivity index (χ3n) is 4.12. The highest BCUT2D eigenvalue weighted by Gasteiger charge is 2.27. The molecule has 0 bridgehead atoms. The topological polar surface area (TPSA) is 84.2 Å². The lowest BCUT2D eigenvalue weighted by Crippen LogP contribution is -2.18. The third-order valence-corrected chi connectivity index (χ3v) is 4.70. The van der Waals surface area contributed by atoms with E-state index in [-0.39, 0.29) is 11.7 Å². The number of aryl methyl sites for hydroxylation is 1. The molecule has 1 atom stereocenters. The normalized spacial score (nSPS) is 18.0. The Bertz CT molecular complexity index is 811. The van der Waals surface area contributed by atoms with Gasteiger partial charge < -0.3 is 9.67 Å². The molecule has 0 spiro atoms. The lowest BCUT2D eigenvalue weighted by molar-refractivity contribution is 0.475. The van der Waals surface area contributed by atoms with E-state index >= 15 is 0 Å². The summed E-state index contributed by atoms with van der Waals surface area (Å²) in [5.74, 6) is 0.131. The summed E-state index contributed by atoms with van der Waals surface area (Å²) in [5.41, 5.74) is 3.34. The highest BCUT2D eigenvalue weighted by atomic mass is 32.2. The minimum atomic E-state index is -3.44. The molecule has 0 aliphatic heterocycles. The van der Waals surface area contributed by atoms with Crippen LogP contribution < -0.4 is 4.72 Å². The SMILES string of the molecule is Cn1cncc1C1CCCc2c1ccc(O)c2NS(C)(=O)=O. The summed E-state index contributed by atoms with van der Waals surface area (Å²) >= 11 is 0. The molecule has 0 amide bonds. The van der Waals surface area contributed by atoms with E-state index in [1.165, 1.54) is 0 Å². The molecular weight excluding hydrogens is 302 g/mol. The Labute approximate surface area is 129 Å². The van der Waals surface area contributed by atoms with Crippen molar-refractivity contribution in [2.45, 2.75) is 25.2 Å². The first kappa shape index (κ1) is 14.9. The molecule has 0 fully saturated rings. The first-order valence-electron chi connectivity index (χ1n) is 7.15. The average Bonchev–Trinajstić information content (AvgIpc) is 2.86. The van der Waals surface area contributed by atoms with Crippen molar-refractivity contribution in [2.24, 2.45) is 7.05 Å². The van der Waals surface area contributed by atoms with Gasteiger partial charge in [-0.1, -0.05) is 6.07 Å². The van der Waals surface area contributed by atoms with Crippen molar-refractivity contribution in [1.29, 1.82) is 0 Å². The Morgan fingerprint density at radius 1 is 1.41 bits per heavy atom. The standard InChI is InChI=1S/C15H19N3O3S/c1-18-9-16-8-13(18)11-4-3-5-12-10(11)6-7-14(19)15(12)17-22(2,20)21/h6-9,11,17,19H,3-5H2,1-2H3. The number of imidazole rings is 1. The number of aromatic hydroxyl groups is 1. The van der Waals surface area contributed by atoms with Gasteiger partial charge in [0, 0.05) is 24.9 Å². The molecule has 2 N–H and O–H groups in total. The number of aromatic nitrogens is 2. The summed E-state index contributed by atoms with van der Waals surface area (Å²) in [6.07, 6.45) is 7.36. The molecule has 118 valence electrons. The maximum Gasteiger partial charge on any atom is 0.229 e. The van der Waals surface area contributed by atoms with Crippen LogP contribution in [0.2, 0.25) is 0 Å². The van der Waals surface area contributed by atoms with E-state index in [0.29, 0.717) is 5.69 Å². The van der Waals surface area contributed by atoms with Gasteiger partial charge in [-0.25, -0.2) is 13.4 Å². The van der Waals surface area contributed by atoms with Crippen molar-refractivity contribution in [3.8, 4) is 5.75 Å². The van der Waals surface area contributed by atoms with Crippen LogP contribution in [-0.4, -0.2) is 29.3 Å². The van der Waals surface area contributed by atoms with Crippen LogP contribution in [0.1, 0.15) is 35.6 Å². The first-order chi connectivity index (χ1) is 10.4. The van der Waals surface area contributed by atoms with Gasteiger partial charge >= 0.3 is 0 Å². The lowest BCUT2D eigenvalue weighted by Gasteiger charge is -2.28. The van der Waals surface area contributed by atoms with Gasteiger partial charge in [0.05, 0.1) is 18.3 Å².